The summed E-state index contributed by atoms with van der Waals surface area (Å²) in [5.41, 5.74) is 10.7. The van der Waals surface area contributed by atoms with Crippen molar-refractivity contribution >= 4 is 28.9 Å². The van der Waals surface area contributed by atoms with E-state index in [1.165, 1.54) is 63.1 Å². The largest absolute Gasteiger partial charge is 0.381 e. The van der Waals surface area contributed by atoms with Crippen molar-refractivity contribution in [3.05, 3.63) is 41.7 Å². The lowest BCUT2D eigenvalue weighted by Crippen LogP contribution is -2.52. The van der Waals surface area contributed by atoms with Crippen LogP contribution in [0.5, 0.6) is 0 Å². The number of piperidine rings is 1. The number of benzene rings is 1. The predicted molar refractivity (Wildman–Crippen MR) is 172 cm³/mol. The third-order valence-electron chi connectivity index (χ3n) is 9.61. The molecular formula is C32H44N10O2. The molecule has 3 aliphatic heterocycles. The minimum atomic E-state index is -0.638. The predicted octanol–water partition coefficient (Wildman–Crippen LogP) is 3.39. The fourth-order valence-corrected chi connectivity index (χ4v) is 6.84. The number of nitrogens with zero attached hydrogens (tertiary/aromatic N) is 6. The number of carbonyl (C=O) groups excluding carboxylic acids is 1. The zero-order valence-electron chi connectivity index (χ0n) is 25.6. The van der Waals surface area contributed by atoms with Gasteiger partial charge in [-0.05, 0) is 81.3 Å². The summed E-state index contributed by atoms with van der Waals surface area (Å²) in [5.74, 6) is 0.853. The molecule has 12 heteroatoms. The molecule has 12 nitrogen and oxygen atoms in total. The van der Waals surface area contributed by atoms with Gasteiger partial charge in [0.2, 0.25) is 0 Å². The van der Waals surface area contributed by atoms with E-state index in [0.717, 1.165) is 31.6 Å². The molecule has 1 amide bonds. The van der Waals surface area contributed by atoms with E-state index < -0.39 is 5.91 Å². The highest BCUT2D eigenvalue weighted by Crippen LogP contribution is 2.46. The molecule has 7 rings (SSSR count). The first-order chi connectivity index (χ1) is 21.5. The number of H-pyrrole nitrogens is 1. The molecule has 234 valence electrons. The number of nitrogens with two attached hydrogens (primary N) is 1. The Hall–Kier alpha value is -3.74. The molecule has 0 unspecified atom stereocenters. The van der Waals surface area contributed by atoms with Crippen LogP contribution in [0.15, 0.2) is 30.5 Å². The quantitative estimate of drug-likeness (QED) is 0.289. The van der Waals surface area contributed by atoms with E-state index in [1.807, 2.05) is 6.07 Å². The summed E-state index contributed by atoms with van der Waals surface area (Å²) in [6, 6.07) is 9.25. The number of amides is 1. The van der Waals surface area contributed by atoms with Crippen LogP contribution in [0.25, 0.3) is 11.4 Å². The van der Waals surface area contributed by atoms with E-state index in [1.54, 1.807) is 6.20 Å². The van der Waals surface area contributed by atoms with Gasteiger partial charge < -0.3 is 30.9 Å². The number of carbonyl (C=O) groups is 1. The molecule has 0 atom stereocenters. The van der Waals surface area contributed by atoms with Crippen LogP contribution in [0.3, 0.4) is 0 Å². The number of rotatable bonds is 9. The van der Waals surface area contributed by atoms with Gasteiger partial charge in [0.25, 0.3) is 5.91 Å². The highest BCUT2D eigenvalue weighted by atomic mass is 16.5. The maximum atomic E-state index is 12.6. The molecule has 1 saturated carbocycles. The number of likely N-dealkylation sites (N-methyl/N-ethyl adjacent to an activating group) is 1. The molecule has 44 heavy (non-hydrogen) atoms. The molecule has 1 aromatic carbocycles. The molecule has 4 fully saturated rings. The lowest BCUT2D eigenvalue weighted by Gasteiger charge is -2.43. The molecule has 1 aliphatic carbocycles. The number of anilines is 4. The number of hydrogen-bond acceptors (Lipinski definition) is 10. The van der Waals surface area contributed by atoms with Crippen molar-refractivity contribution in [3.63, 3.8) is 0 Å². The fourth-order valence-electron chi connectivity index (χ4n) is 6.84. The van der Waals surface area contributed by atoms with Crippen LogP contribution in [-0.2, 0) is 4.74 Å². The monoisotopic (exact) mass is 600 g/mol. The Balaban J connectivity index is 1.13. The van der Waals surface area contributed by atoms with Crippen LogP contribution >= 0.6 is 0 Å². The van der Waals surface area contributed by atoms with E-state index in [-0.39, 0.29) is 11.7 Å². The van der Waals surface area contributed by atoms with Gasteiger partial charge in [0, 0.05) is 82.1 Å². The molecule has 4 aliphatic rings. The molecule has 3 aromatic rings. The van der Waals surface area contributed by atoms with E-state index in [4.69, 9.17) is 20.4 Å². The number of ether oxygens (including phenoxy) is 1. The summed E-state index contributed by atoms with van der Waals surface area (Å²) in [4.78, 5) is 30.0. The van der Waals surface area contributed by atoms with Gasteiger partial charge in [-0.2, -0.15) is 5.10 Å². The topological polar surface area (TPSA) is 141 Å². The van der Waals surface area contributed by atoms with Gasteiger partial charge in [0.1, 0.15) is 5.69 Å². The first kappa shape index (κ1) is 29.0. The zero-order valence-corrected chi connectivity index (χ0v) is 25.6. The number of nitrogens with one attached hydrogen (secondary N) is 3. The number of piperazine rings is 1. The molecule has 0 spiro atoms. The Morgan fingerprint density at radius 2 is 1.73 bits per heavy atom. The molecule has 0 radical (unpaired) electrons. The van der Waals surface area contributed by atoms with E-state index >= 15 is 0 Å². The molecule has 3 saturated heterocycles. The lowest BCUT2D eigenvalue weighted by molar-refractivity contribution is 0.0904. The van der Waals surface area contributed by atoms with Crippen molar-refractivity contribution in [1.29, 1.82) is 0 Å². The molecule has 0 bridgehead atoms. The lowest BCUT2D eigenvalue weighted by atomic mass is 9.99. The van der Waals surface area contributed by atoms with E-state index in [9.17, 15) is 4.79 Å². The van der Waals surface area contributed by atoms with Gasteiger partial charge in [-0.15, -0.1) is 0 Å². The van der Waals surface area contributed by atoms with Gasteiger partial charge in [-0.25, -0.2) is 9.97 Å². The second-order valence-electron chi connectivity index (χ2n) is 12.7. The Kier molecular flexibility index (Phi) is 8.37. The summed E-state index contributed by atoms with van der Waals surface area (Å²) in [5, 5.41) is 14.0. The van der Waals surface area contributed by atoms with Crippen LogP contribution < -0.4 is 21.3 Å². The van der Waals surface area contributed by atoms with Crippen molar-refractivity contribution in [3.8, 4) is 11.4 Å². The van der Waals surface area contributed by atoms with Crippen molar-refractivity contribution in [1.82, 2.24) is 30.0 Å². The van der Waals surface area contributed by atoms with Crippen LogP contribution in [0, 0.1) is 0 Å². The second kappa shape index (κ2) is 12.7. The number of hydrogen-bond donors (Lipinski definition) is 4. The van der Waals surface area contributed by atoms with Gasteiger partial charge in [0.05, 0.1) is 5.69 Å². The van der Waals surface area contributed by atoms with Crippen LogP contribution in [0.1, 0.15) is 60.5 Å². The van der Waals surface area contributed by atoms with Crippen LogP contribution in [-0.4, -0.2) is 107 Å². The highest BCUT2D eigenvalue weighted by molar-refractivity contribution is 5.97. The van der Waals surface area contributed by atoms with E-state index in [0.29, 0.717) is 48.2 Å². The van der Waals surface area contributed by atoms with Crippen LogP contribution in [0.4, 0.5) is 23.0 Å². The normalized spacial score (nSPS) is 21.0. The van der Waals surface area contributed by atoms with Crippen molar-refractivity contribution in [2.45, 2.75) is 56.5 Å². The molecule has 2 aromatic heterocycles. The summed E-state index contributed by atoms with van der Waals surface area (Å²) in [6.45, 7) is 8.24. The minimum absolute atomic E-state index is 0.0927. The Morgan fingerprint density at radius 1 is 0.955 bits per heavy atom. The van der Waals surface area contributed by atoms with Crippen molar-refractivity contribution < 1.29 is 9.53 Å². The summed E-state index contributed by atoms with van der Waals surface area (Å²) in [7, 11) is 2.22. The maximum absolute atomic E-state index is 12.6. The first-order valence-corrected chi connectivity index (χ1v) is 16.2. The summed E-state index contributed by atoms with van der Waals surface area (Å²) < 4.78 is 5.55. The van der Waals surface area contributed by atoms with Gasteiger partial charge in [-0.3, -0.25) is 14.8 Å². The van der Waals surface area contributed by atoms with Gasteiger partial charge >= 0.3 is 0 Å². The second-order valence-corrected chi connectivity index (χ2v) is 12.7. The Morgan fingerprint density at radius 3 is 2.41 bits per heavy atom. The van der Waals surface area contributed by atoms with Crippen molar-refractivity contribution in [2.75, 3.05) is 75.1 Å². The standard InChI is InChI=1S/C32H44N10O2/c1-40-14-16-41(17-15-40)24-7-12-42(13-8-24)27-5-4-23(20-25(27)21-2-3-21)36-32-29(30(33)43)37-28(26-6-11-34-39-26)31(38-32)35-22-9-18-44-19-10-22/h4-6,11,20-22,24H,2-3,7-10,12-19H2,1H3,(H2,33,43)(H,34,39)(H2,35,36,38). The minimum Gasteiger partial charge on any atom is -0.381 e. The molecule has 5 heterocycles. The van der Waals surface area contributed by atoms with Gasteiger partial charge in [0.15, 0.2) is 17.3 Å². The van der Waals surface area contributed by atoms with Gasteiger partial charge in [-0.1, -0.05) is 0 Å². The van der Waals surface area contributed by atoms with Crippen molar-refractivity contribution in [2.24, 2.45) is 5.73 Å². The highest BCUT2D eigenvalue weighted by Gasteiger charge is 2.32. The fraction of sp³-hybridized carbons (Fsp3) is 0.562. The number of primary amides is 1. The van der Waals surface area contributed by atoms with Crippen LogP contribution in [0.2, 0.25) is 0 Å². The van der Waals surface area contributed by atoms with E-state index in [2.05, 4.69) is 60.8 Å². The third kappa shape index (κ3) is 6.38. The number of aromatic nitrogens is 4. The average molecular weight is 601 g/mol. The molecule has 5 N–H and O–H groups in total. The Labute approximate surface area is 258 Å². The number of aromatic amines is 1. The maximum Gasteiger partial charge on any atom is 0.271 e. The summed E-state index contributed by atoms with van der Waals surface area (Å²) in [6.07, 6.45) is 8.21. The molecular weight excluding hydrogens is 556 g/mol. The Bertz CT molecular complexity index is 1440. The third-order valence-corrected chi connectivity index (χ3v) is 9.61. The zero-order chi connectivity index (χ0) is 30.0. The first-order valence-electron chi connectivity index (χ1n) is 16.2. The average Bonchev–Trinajstić information content (AvgIpc) is 3.75. The summed E-state index contributed by atoms with van der Waals surface area (Å²) >= 11 is 0. The SMILES string of the molecule is CN1CCN(C2CCN(c3ccc(Nc4nc(NC5CCOCC5)c(-c5ccn[nH]5)nc4C(N)=O)cc3C3CC3)CC2)CC1. The smallest absolute Gasteiger partial charge is 0.271 e.